The van der Waals surface area contributed by atoms with Crippen LogP contribution in [0, 0.1) is 5.41 Å². The first-order valence-electron chi connectivity index (χ1n) is 10.6. The summed E-state index contributed by atoms with van der Waals surface area (Å²) in [4.78, 5) is 28.4. The normalized spacial score (nSPS) is 22.1. The van der Waals surface area contributed by atoms with Crippen LogP contribution in [-0.2, 0) is 16.0 Å². The zero-order valence-electron chi connectivity index (χ0n) is 17.1. The molecule has 160 valence electrons. The number of aryl methyl sites for hydroxylation is 1. The van der Waals surface area contributed by atoms with Crippen LogP contribution in [0.25, 0.3) is 11.0 Å². The highest BCUT2D eigenvalue weighted by atomic mass is 16.3. The Labute approximate surface area is 175 Å². The van der Waals surface area contributed by atoms with Crippen LogP contribution in [0.2, 0.25) is 0 Å². The van der Waals surface area contributed by atoms with E-state index < -0.39 is 0 Å². The van der Waals surface area contributed by atoms with Crippen molar-refractivity contribution in [2.45, 2.75) is 50.6 Å². The highest BCUT2D eigenvalue weighted by Crippen LogP contribution is 2.28. The average molecular weight is 412 g/mol. The van der Waals surface area contributed by atoms with Crippen molar-refractivity contribution in [1.82, 2.24) is 9.80 Å². The number of primary amides is 1. The Kier molecular flexibility index (Phi) is 5.76. The number of rotatable bonds is 7. The van der Waals surface area contributed by atoms with Crippen molar-refractivity contribution in [3.05, 3.63) is 35.6 Å². The van der Waals surface area contributed by atoms with E-state index in [1.165, 1.54) is 0 Å². The van der Waals surface area contributed by atoms with Crippen LogP contribution in [0.5, 0.6) is 0 Å². The monoisotopic (exact) mass is 411 g/mol. The number of nitrogens with zero attached hydrogens (tertiary/aromatic N) is 2. The van der Waals surface area contributed by atoms with E-state index in [1.807, 2.05) is 28.0 Å². The van der Waals surface area contributed by atoms with Gasteiger partial charge in [-0.1, -0.05) is 12.1 Å². The molecule has 1 aromatic heterocycles. The van der Waals surface area contributed by atoms with Gasteiger partial charge >= 0.3 is 0 Å². The number of nitrogen functional groups attached to an aromatic ring is 1. The highest BCUT2D eigenvalue weighted by Gasteiger charge is 2.38. The Morgan fingerprint density at radius 1 is 1.13 bits per heavy atom. The topological polar surface area (TPSA) is 130 Å². The van der Waals surface area contributed by atoms with Crippen LogP contribution in [0.1, 0.15) is 43.4 Å². The Hall–Kier alpha value is -2.87. The standard InChI is InChI=1S/C22H29N5O3/c23-20(28)13-26-9-2-4-18(26)22(29)27-10-1-3-16(27)7-8-17-11-14-5-6-15(21(24)25)12-19(14)30-17/h5-6,11-12,16,18H,1-4,7-10,13H2,(H2,23,28)(H3,24,25). The molecule has 4 rings (SSSR count). The Balaban J connectivity index is 1.40. The zero-order chi connectivity index (χ0) is 21.3. The van der Waals surface area contributed by atoms with Gasteiger partial charge in [0.05, 0.1) is 12.6 Å². The van der Waals surface area contributed by atoms with Crippen molar-refractivity contribution >= 4 is 28.6 Å². The summed E-state index contributed by atoms with van der Waals surface area (Å²) >= 11 is 0. The number of amides is 2. The summed E-state index contributed by atoms with van der Waals surface area (Å²) in [5.74, 6) is 0.644. The first-order chi connectivity index (χ1) is 14.4. The van der Waals surface area contributed by atoms with Crippen LogP contribution in [0.15, 0.2) is 28.7 Å². The van der Waals surface area contributed by atoms with E-state index in [1.54, 1.807) is 6.07 Å². The molecule has 0 radical (unpaired) electrons. The molecule has 2 saturated heterocycles. The van der Waals surface area contributed by atoms with E-state index in [2.05, 4.69) is 0 Å². The number of fused-ring (bicyclic) bond motifs is 1. The Bertz CT molecular complexity index is 969. The minimum Gasteiger partial charge on any atom is -0.461 e. The molecular weight excluding hydrogens is 382 g/mol. The predicted molar refractivity (Wildman–Crippen MR) is 114 cm³/mol. The number of amidine groups is 1. The molecule has 2 amide bonds. The van der Waals surface area contributed by atoms with Crippen molar-refractivity contribution in [3.8, 4) is 0 Å². The van der Waals surface area contributed by atoms with E-state index in [9.17, 15) is 9.59 Å². The number of hydrogen-bond acceptors (Lipinski definition) is 5. The average Bonchev–Trinajstić information content (AvgIpc) is 3.43. The number of likely N-dealkylation sites (tertiary alicyclic amines) is 2. The van der Waals surface area contributed by atoms with Gasteiger partial charge < -0.3 is 20.8 Å². The van der Waals surface area contributed by atoms with Crippen LogP contribution < -0.4 is 11.5 Å². The van der Waals surface area contributed by atoms with Gasteiger partial charge in [0.1, 0.15) is 17.2 Å². The highest BCUT2D eigenvalue weighted by molar-refractivity contribution is 5.98. The predicted octanol–water partition coefficient (Wildman–Crippen LogP) is 1.59. The number of nitrogens with one attached hydrogen (secondary N) is 1. The van der Waals surface area contributed by atoms with Gasteiger partial charge in [0.25, 0.3) is 0 Å². The quantitative estimate of drug-likeness (QED) is 0.471. The lowest BCUT2D eigenvalue weighted by Gasteiger charge is -2.31. The molecule has 0 bridgehead atoms. The van der Waals surface area contributed by atoms with Crippen molar-refractivity contribution in [2.24, 2.45) is 11.5 Å². The third-order valence-electron chi connectivity index (χ3n) is 6.27. The SMILES string of the molecule is N=C(N)c1ccc2cc(CCC3CCCN3C(=O)C3CCCN3CC(N)=O)oc2c1. The molecule has 8 heteroatoms. The van der Waals surface area contributed by atoms with E-state index in [4.69, 9.17) is 21.3 Å². The maximum absolute atomic E-state index is 13.2. The first-order valence-corrected chi connectivity index (χ1v) is 10.6. The summed E-state index contributed by atoms with van der Waals surface area (Å²) < 4.78 is 5.96. The van der Waals surface area contributed by atoms with E-state index in [-0.39, 0.29) is 36.3 Å². The molecule has 0 aliphatic carbocycles. The van der Waals surface area contributed by atoms with Gasteiger partial charge in [-0.3, -0.25) is 19.9 Å². The second-order valence-corrected chi connectivity index (χ2v) is 8.34. The van der Waals surface area contributed by atoms with E-state index >= 15 is 0 Å². The van der Waals surface area contributed by atoms with Crippen LogP contribution >= 0.6 is 0 Å². The molecule has 2 atom stereocenters. The van der Waals surface area contributed by atoms with Gasteiger partial charge in [0.15, 0.2) is 0 Å². The van der Waals surface area contributed by atoms with Crippen molar-refractivity contribution in [3.63, 3.8) is 0 Å². The minimum atomic E-state index is -0.384. The van der Waals surface area contributed by atoms with Gasteiger partial charge in [-0.15, -0.1) is 0 Å². The molecule has 2 unspecified atom stereocenters. The summed E-state index contributed by atoms with van der Waals surface area (Å²) in [6, 6.07) is 7.51. The van der Waals surface area contributed by atoms with Gasteiger partial charge in [-0.25, -0.2) is 0 Å². The third-order valence-corrected chi connectivity index (χ3v) is 6.27. The van der Waals surface area contributed by atoms with E-state index in [0.717, 1.165) is 68.3 Å². The fraction of sp³-hybridized carbons (Fsp3) is 0.500. The molecule has 2 fully saturated rings. The molecule has 2 aliphatic heterocycles. The number of furan rings is 1. The first kappa shape index (κ1) is 20.4. The maximum atomic E-state index is 13.2. The van der Waals surface area contributed by atoms with Crippen LogP contribution in [-0.4, -0.2) is 59.2 Å². The number of hydrogen-bond donors (Lipinski definition) is 3. The number of nitrogens with two attached hydrogens (primary N) is 2. The largest absolute Gasteiger partial charge is 0.461 e. The van der Waals surface area contributed by atoms with Crippen molar-refractivity contribution in [1.29, 1.82) is 5.41 Å². The molecule has 30 heavy (non-hydrogen) atoms. The molecule has 3 heterocycles. The number of benzene rings is 1. The van der Waals surface area contributed by atoms with Crippen LogP contribution in [0.4, 0.5) is 0 Å². The molecule has 5 N–H and O–H groups in total. The zero-order valence-corrected chi connectivity index (χ0v) is 17.1. The lowest BCUT2D eigenvalue weighted by atomic mass is 10.1. The van der Waals surface area contributed by atoms with Crippen molar-refractivity contribution in [2.75, 3.05) is 19.6 Å². The number of carbonyl (C=O) groups is 2. The van der Waals surface area contributed by atoms with E-state index in [0.29, 0.717) is 5.56 Å². The van der Waals surface area contributed by atoms with Gasteiger partial charge in [-0.05, 0) is 50.8 Å². The minimum absolute atomic E-state index is 0.0206. The van der Waals surface area contributed by atoms with Gasteiger partial charge in [0.2, 0.25) is 11.8 Å². The number of carbonyl (C=O) groups excluding carboxylic acids is 2. The molecule has 1 aromatic carbocycles. The molecular formula is C22H29N5O3. The lowest BCUT2D eigenvalue weighted by molar-refractivity contribution is -0.137. The maximum Gasteiger partial charge on any atom is 0.240 e. The summed E-state index contributed by atoms with van der Waals surface area (Å²) in [5.41, 5.74) is 12.3. The second-order valence-electron chi connectivity index (χ2n) is 8.34. The molecule has 0 saturated carbocycles. The summed E-state index contributed by atoms with van der Waals surface area (Å²) in [6.45, 7) is 1.67. The van der Waals surface area contributed by atoms with Gasteiger partial charge in [-0.2, -0.15) is 0 Å². The third kappa shape index (κ3) is 4.18. The Morgan fingerprint density at radius 2 is 1.93 bits per heavy atom. The fourth-order valence-electron chi connectivity index (χ4n) is 4.80. The Morgan fingerprint density at radius 3 is 2.70 bits per heavy atom. The fourth-order valence-corrected chi connectivity index (χ4v) is 4.80. The van der Waals surface area contributed by atoms with Crippen molar-refractivity contribution < 1.29 is 14.0 Å². The van der Waals surface area contributed by atoms with Gasteiger partial charge in [0, 0.05) is 30.0 Å². The lowest BCUT2D eigenvalue weighted by Crippen LogP contribution is -2.49. The summed E-state index contributed by atoms with van der Waals surface area (Å²) in [5, 5.41) is 8.55. The smallest absolute Gasteiger partial charge is 0.240 e. The second kappa shape index (κ2) is 8.47. The van der Waals surface area contributed by atoms with Crippen LogP contribution in [0.3, 0.4) is 0 Å². The molecule has 0 spiro atoms. The molecule has 8 nitrogen and oxygen atoms in total. The molecule has 2 aliphatic rings. The summed E-state index contributed by atoms with van der Waals surface area (Å²) in [7, 11) is 0. The summed E-state index contributed by atoms with van der Waals surface area (Å²) in [6.07, 6.45) is 5.28. The molecule has 2 aromatic rings.